The SMILES string of the molecule is C1CCC(=C2CCC(=C3CCC(=C4CCC(=C5CCC(=C6CCCCC6)CC5)CC4)CC3)CC2)CC1. The number of rotatable bonds is 0. The van der Waals surface area contributed by atoms with Crippen LogP contribution in [0.2, 0.25) is 0 Å². The van der Waals surface area contributed by atoms with Gasteiger partial charge in [-0.1, -0.05) is 68.6 Å². The molecule has 6 aliphatic rings. The molecule has 0 unspecified atom stereocenters. The summed E-state index contributed by atoms with van der Waals surface area (Å²) in [6, 6.07) is 0. The topological polar surface area (TPSA) is 0 Å². The van der Waals surface area contributed by atoms with Gasteiger partial charge in [-0.2, -0.15) is 0 Å². The van der Waals surface area contributed by atoms with E-state index in [9.17, 15) is 0 Å². The molecule has 0 N–H and O–H groups in total. The summed E-state index contributed by atoms with van der Waals surface area (Å²) in [6.45, 7) is 0. The highest BCUT2D eigenvalue weighted by atomic mass is 14.3. The molecule has 6 fully saturated rings. The van der Waals surface area contributed by atoms with E-state index >= 15 is 0 Å². The third-order valence-corrected chi connectivity index (χ3v) is 11.2. The Balaban J connectivity index is 0.998. The molecule has 0 aromatic heterocycles. The normalized spacial score (nSPS) is 27.3. The molecule has 0 saturated heterocycles. The highest BCUT2D eigenvalue weighted by Gasteiger charge is 2.24. The van der Waals surface area contributed by atoms with Crippen molar-refractivity contribution in [2.45, 2.75) is 167 Å². The highest BCUT2D eigenvalue weighted by Crippen LogP contribution is 2.44. The Labute approximate surface area is 222 Å². The van der Waals surface area contributed by atoms with Crippen LogP contribution < -0.4 is 0 Å². The Bertz CT molecular complexity index is 843. The average Bonchev–Trinajstić information content (AvgIpc) is 2.98. The Hall–Kier alpha value is -1.30. The van der Waals surface area contributed by atoms with E-state index in [-0.39, 0.29) is 0 Å². The van der Waals surface area contributed by atoms with Gasteiger partial charge >= 0.3 is 0 Å². The minimum atomic E-state index is 1.39. The van der Waals surface area contributed by atoms with Crippen LogP contribution >= 0.6 is 0 Å². The lowest BCUT2D eigenvalue weighted by molar-refractivity contribution is 0.570. The molecular weight excluding hydrogens is 432 g/mol. The van der Waals surface area contributed by atoms with Gasteiger partial charge in [0.2, 0.25) is 0 Å². The molecule has 0 aromatic carbocycles. The van der Waals surface area contributed by atoms with Crippen molar-refractivity contribution >= 4 is 0 Å². The van der Waals surface area contributed by atoms with Crippen molar-refractivity contribution in [3.05, 3.63) is 55.7 Å². The Kier molecular flexibility index (Phi) is 8.36. The van der Waals surface area contributed by atoms with Crippen LogP contribution in [0, 0.1) is 0 Å². The molecule has 0 amide bonds. The van der Waals surface area contributed by atoms with Crippen LogP contribution in [0.4, 0.5) is 0 Å². The molecule has 0 nitrogen and oxygen atoms in total. The molecule has 196 valence electrons. The summed E-state index contributed by atoms with van der Waals surface area (Å²) < 4.78 is 0. The van der Waals surface area contributed by atoms with E-state index in [4.69, 9.17) is 0 Å². The van der Waals surface area contributed by atoms with Crippen LogP contribution in [0.15, 0.2) is 55.7 Å². The fourth-order valence-corrected chi connectivity index (χ4v) is 8.91. The molecule has 0 aromatic rings. The van der Waals surface area contributed by atoms with Crippen molar-refractivity contribution in [3.63, 3.8) is 0 Å². The summed E-state index contributed by atoms with van der Waals surface area (Å²) in [6.07, 6.45) is 36.8. The predicted octanol–water partition coefficient (Wildman–Crippen LogP) is 11.7. The molecule has 6 rings (SSSR count). The molecule has 0 spiro atoms. The zero-order chi connectivity index (χ0) is 24.2. The van der Waals surface area contributed by atoms with Gasteiger partial charge in [0, 0.05) is 0 Å². The first kappa shape index (κ1) is 25.0. The van der Waals surface area contributed by atoms with E-state index < -0.39 is 0 Å². The lowest BCUT2D eigenvalue weighted by Crippen LogP contribution is -2.11. The van der Waals surface area contributed by atoms with Gasteiger partial charge in [0.15, 0.2) is 0 Å². The van der Waals surface area contributed by atoms with Gasteiger partial charge in [-0.3, -0.25) is 0 Å². The fourth-order valence-electron chi connectivity index (χ4n) is 8.91. The van der Waals surface area contributed by atoms with Gasteiger partial charge in [0.1, 0.15) is 0 Å². The van der Waals surface area contributed by atoms with Crippen LogP contribution in [-0.2, 0) is 0 Å². The molecule has 0 bridgehead atoms. The Morgan fingerprint density at radius 3 is 0.444 bits per heavy atom. The Morgan fingerprint density at radius 1 is 0.139 bits per heavy atom. The van der Waals surface area contributed by atoms with E-state index in [2.05, 4.69) is 0 Å². The average molecular weight is 485 g/mol. The monoisotopic (exact) mass is 484 g/mol. The third-order valence-electron chi connectivity index (χ3n) is 11.2. The summed E-state index contributed by atoms with van der Waals surface area (Å²) in [4.78, 5) is 0. The van der Waals surface area contributed by atoms with Crippen LogP contribution in [0.3, 0.4) is 0 Å². The van der Waals surface area contributed by atoms with Crippen molar-refractivity contribution in [3.8, 4) is 0 Å². The van der Waals surface area contributed by atoms with E-state index in [1.54, 1.807) is 0 Å². The highest BCUT2D eigenvalue weighted by molar-refractivity contribution is 5.33. The number of hydrogen-bond donors (Lipinski definition) is 0. The first-order valence-electron chi connectivity index (χ1n) is 16.3. The second-order valence-corrected chi connectivity index (χ2v) is 13.2. The zero-order valence-electron chi connectivity index (χ0n) is 23.4. The van der Waals surface area contributed by atoms with E-state index in [0.29, 0.717) is 0 Å². The molecular formula is C36H52. The van der Waals surface area contributed by atoms with Gasteiger partial charge < -0.3 is 0 Å². The third kappa shape index (κ3) is 5.89. The summed E-state index contributed by atoms with van der Waals surface area (Å²) in [5, 5.41) is 0. The van der Waals surface area contributed by atoms with Gasteiger partial charge in [-0.15, -0.1) is 0 Å². The van der Waals surface area contributed by atoms with Crippen molar-refractivity contribution in [1.82, 2.24) is 0 Å². The van der Waals surface area contributed by atoms with Crippen molar-refractivity contribution in [2.24, 2.45) is 0 Å². The molecule has 6 aliphatic carbocycles. The summed E-state index contributed by atoms with van der Waals surface area (Å²) in [7, 11) is 0. The van der Waals surface area contributed by atoms with Gasteiger partial charge in [-0.05, 0) is 154 Å². The van der Waals surface area contributed by atoms with Gasteiger partial charge in [0.05, 0.1) is 0 Å². The van der Waals surface area contributed by atoms with Crippen molar-refractivity contribution in [2.75, 3.05) is 0 Å². The number of hydrogen-bond acceptors (Lipinski definition) is 0. The molecule has 36 heavy (non-hydrogen) atoms. The maximum absolute atomic E-state index is 1.89. The molecule has 0 atom stereocenters. The minimum Gasteiger partial charge on any atom is -0.0710 e. The first-order chi connectivity index (χ1) is 17.8. The molecule has 6 saturated carbocycles. The minimum absolute atomic E-state index is 1.39. The van der Waals surface area contributed by atoms with E-state index in [1.165, 1.54) is 167 Å². The number of allylic oxidation sites excluding steroid dienone is 10. The first-order valence-corrected chi connectivity index (χ1v) is 16.3. The fraction of sp³-hybridized carbons (Fsp3) is 0.722. The Morgan fingerprint density at radius 2 is 0.278 bits per heavy atom. The smallest absolute Gasteiger partial charge is 0.0280 e. The maximum Gasteiger partial charge on any atom is -0.0280 e. The van der Waals surface area contributed by atoms with E-state index in [0.717, 1.165) is 0 Å². The van der Waals surface area contributed by atoms with E-state index in [1.807, 2.05) is 55.7 Å². The lowest BCUT2D eigenvalue weighted by Gasteiger charge is -2.31. The van der Waals surface area contributed by atoms with Gasteiger partial charge in [-0.25, -0.2) is 0 Å². The summed E-state index contributed by atoms with van der Waals surface area (Å²) in [5.74, 6) is 0. The molecule has 0 radical (unpaired) electrons. The predicted molar refractivity (Wildman–Crippen MR) is 155 cm³/mol. The molecule has 0 heteroatoms. The second kappa shape index (κ2) is 12.0. The largest absolute Gasteiger partial charge is 0.0710 e. The standard InChI is InChI=1S/C36H52/c1-3-7-27(8-4-1)29-11-15-31(16-12-29)33-19-23-35(24-20-33)36-25-21-34(22-26-36)32-17-13-30(14-18-32)28-9-5-2-6-10-28/h1-26H2. The maximum atomic E-state index is 1.89. The zero-order valence-corrected chi connectivity index (χ0v) is 23.4. The van der Waals surface area contributed by atoms with Crippen molar-refractivity contribution < 1.29 is 0 Å². The molecule has 0 aliphatic heterocycles. The van der Waals surface area contributed by atoms with Gasteiger partial charge in [0.25, 0.3) is 0 Å². The second-order valence-electron chi connectivity index (χ2n) is 13.2. The van der Waals surface area contributed by atoms with Crippen LogP contribution in [0.25, 0.3) is 0 Å². The quantitative estimate of drug-likeness (QED) is 0.300. The van der Waals surface area contributed by atoms with Crippen LogP contribution in [0.5, 0.6) is 0 Å². The summed E-state index contributed by atoms with van der Waals surface area (Å²) >= 11 is 0. The molecule has 0 heterocycles. The van der Waals surface area contributed by atoms with Crippen molar-refractivity contribution in [1.29, 1.82) is 0 Å². The summed E-state index contributed by atoms with van der Waals surface area (Å²) in [5.41, 5.74) is 18.8. The van der Waals surface area contributed by atoms with Crippen LogP contribution in [-0.4, -0.2) is 0 Å². The lowest BCUT2D eigenvalue weighted by atomic mass is 9.75. The van der Waals surface area contributed by atoms with Crippen LogP contribution in [0.1, 0.15) is 167 Å².